The Bertz CT molecular complexity index is 614. The van der Waals surface area contributed by atoms with Crippen molar-refractivity contribution in [2.45, 2.75) is 33.7 Å². The highest BCUT2D eigenvalue weighted by Crippen LogP contribution is 2.31. The molecule has 0 spiro atoms. The lowest BCUT2D eigenvalue weighted by atomic mass is 9.97. The quantitative estimate of drug-likeness (QED) is 0.743. The molecule has 1 nitrogen and oxygen atoms in total. The van der Waals surface area contributed by atoms with Gasteiger partial charge < -0.3 is 5.32 Å². The maximum Gasteiger partial charge on any atom is 0.131 e. The van der Waals surface area contributed by atoms with Crippen LogP contribution in [0.1, 0.15) is 30.0 Å². The van der Waals surface area contributed by atoms with E-state index in [1.807, 2.05) is 38.1 Å². The first-order valence-electron chi connectivity index (χ1n) is 7.29. The first-order chi connectivity index (χ1) is 10.0. The predicted molar refractivity (Wildman–Crippen MR) is 88.3 cm³/mol. The third-order valence-corrected chi connectivity index (χ3v) is 3.87. The zero-order valence-corrected chi connectivity index (χ0v) is 13.5. The van der Waals surface area contributed by atoms with Crippen molar-refractivity contribution in [3.8, 4) is 11.1 Å². The number of halogens is 2. The van der Waals surface area contributed by atoms with Crippen molar-refractivity contribution in [1.82, 2.24) is 5.32 Å². The molecule has 0 saturated heterocycles. The molecule has 3 heteroatoms. The fourth-order valence-electron chi connectivity index (χ4n) is 2.53. The van der Waals surface area contributed by atoms with Gasteiger partial charge >= 0.3 is 0 Å². The number of rotatable bonds is 5. The molecule has 0 heterocycles. The second-order valence-electron chi connectivity index (χ2n) is 5.42. The van der Waals surface area contributed by atoms with Gasteiger partial charge in [-0.2, -0.15) is 0 Å². The SMILES string of the molecule is CCCNCc1ccc(-c2c(C)cc(C)cc2F)cc1Cl. The molecule has 0 unspecified atom stereocenters. The Hall–Kier alpha value is -1.38. The summed E-state index contributed by atoms with van der Waals surface area (Å²) in [7, 11) is 0. The van der Waals surface area contributed by atoms with Gasteiger partial charge in [0.25, 0.3) is 0 Å². The van der Waals surface area contributed by atoms with E-state index in [0.29, 0.717) is 10.6 Å². The molecular weight excluding hydrogens is 285 g/mol. The normalized spacial score (nSPS) is 10.9. The molecule has 112 valence electrons. The molecule has 0 amide bonds. The zero-order valence-electron chi connectivity index (χ0n) is 12.8. The van der Waals surface area contributed by atoms with Crippen LogP contribution in [0, 0.1) is 19.7 Å². The zero-order chi connectivity index (χ0) is 15.4. The summed E-state index contributed by atoms with van der Waals surface area (Å²) in [6, 6.07) is 9.32. The smallest absolute Gasteiger partial charge is 0.131 e. The standard InChI is InChI=1S/C18H21ClFN/c1-4-7-21-11-15-6-5-14(10-16(15)19)18-13(3)8-12(2)9-17(18)20/h5-6,8-10,21H,4,7,11H2,1-3H3. The van der Waals surface area contributed by atoms with Gasteiger partial charge in [-0.15, -0.1) is 0 Å². The van der Waals surface area contributed by atoms with Gasteiger partial charge in [-0.3, -0.25) is 0 Å². The average Bonchev–Trinajstić information content (AvgIpc) is 2.40. The molecule has 0 fully saturated rings. The van der Waals surface area contributed by atoms with Crippen LogP contribution in [0.2, 0.25) is 5.02 Å². The van der Waals surface area contributed by atoms with Crippen LogP contribution in [0.15, 0.2) is 30.3 Å². The molecule has 2 rings (SSSR count). The van der Waals surface area contributed by atoms with Gasteiger partial charge in [0, 0.05) is 17.1 Å². The van der Waals surface area contributed by atoms with Crippen molar-refractivity contribution in [2.75, 3.05) is 6.54 Å². The van der Waals surface area contributed by atoms with Crippen LogP contribution in [0.25, 0.3) is 11.1 Å². The van der Waals surface area contributed by atoms with E-state index < -0.39 is 0 Å². The van der Waals surface area contributed by atoms with Gasteiger partial charge in [0.15, 0.2) is 0 Å². The number of hydrogen-bond donors (Lipinski definition) is 1. The molecule has 0 aromatic heterocycles. The van der Waals surface area contributed by atoms with Crippen LogP contribution in [0.4, 0.5) is 4.39 Å². The fourth-order valence-corrected chi connectivity index (χ4v) is 2.77. The number of aryl methyl sites for hydroxylation is 2. The molecule has 0 bridgehead atoms. The Morgan fingerprint density at radius 2 is 1.90 bits per heavy atom. The molecule has 0 aliphatic heterocycles. The highest BCUT2D eigenvalue weighted by molar-refractivity contribution is 6.31. The molecule has 0 aliphatic carbocycles. The number of benzene rings is 2. The van der Waals surface area contributed by atoms with Gasteiger partial charge in [-0.05, 0) is 61.2 Å². The molecule has 0 radical (unpaired) electrons. The predicted octanol–water partition coefficient (Wildman–Crippen LogP) is 5.26. The van der Waals surface area contributed by atoms with E-state index in [0.717, 1.165) is 41.8 Å². The summed E-state index contributed by atoms with van der Waals surface area (Å²) in [5, 5.41) is 4.00. The summed E-state index contributed by atoms with van der Waals surface area (Å²) in [5.74, 6) is -0.194. The Morgan fingerprint density at radius 3 is 2.52 bits per heavy atom. The first kappa shape index (κ1) is 16.0. The van der Waals surface area contributed by atoms with Crippen LogP contribution in [-0.2, 0) is 6.54 Å². The summed E-state index contributed by atoms with van der Waals surface area (Å²) < 4.78 is 14.2. The van der Waals surface area contributed by atoms with Crippen molar-refractivity contribution >= 4 is 11.6 Å². The molecule has 1 N–H and O–H groups in total. The topological polar surface area (TPSA) is 12.0 Å². The van der Waals surface area contributed by atoms with Gasteiger partial charge in [0.2, 0.25) is 0 Å². The van der Waals surface area contributed by atoms with Crippen LogP contribution in [0.3, 0.4) is 0 Å². The van der Waals surface area contributed by atoms with Crippen molar-refractivity contribution < 1.29 is 4.39 Å². The van der Waals surface area contributed by atoms with Crippen LogP contribution >= 0.6 is 11.6 Å². The highest BCUT2D eigenvalue weighted by atomic mass is 35.5. The van der Waals surface area contributed by atoms with Gasteiger partial charge in [-0.25, -0.2) is 4.39 Å². The minimum Gasteiger partial charge on any atom is -0.313 e. The van der Waals surface area contributed by atoms with E-state index in [4.69, 9.17) is 11.6 Å². The monoisotopic (exact) mass is 305 g/mol. The lowest BCUT2D eigenvalue weighted by molar-refractivity contribution is 0.629. The summed E-state index contributed by atoms with van der Waals surface area (Å²) in [4.78, 5) is 0. The lowest BCUT2D eigenvalue weighted by Gasteiger charge is -2.12. The van der Waals surface area contributed by atoms with E-state index in [2.05, 4.69) is 12.2 Å². The highest BCUT2D eigenvalue weighted by Gasteiger charge is 2.11. The van der Waals surface area contributed by atoms with E-state index in [1.54, 1.807) is 6.07 Å². The molecule has 0 atom stereocenters. The van der Waals surface area contributed by atoms with E-state index in [9.17, 15) is 4.39 Å². The average molecular weight is 306 g/mol. The minimum absolute atomic E-state index is 0.194. The second kappa shape index (κ2) is 7.06. The Balaban J connectivity index is 2.32. The first-order valence-corrected chi connectivity index (χ1v) is 7.67. The Morgan fingerprint density at radius 1 is 1.14 bits per heavy atom. The third-order valence-electron chi connectivity index (χ3n) is 3.52. The lowest BCUT2D eigenvalue weighted by Crippen LogP contribution is -2.14. The summed E-state index contributed by atoms with van der Waals surface area (Å²) in [5.41, 5.74) is 4.37. The van der Waals surface area contributed by atoms with E-state index >= 15 is 0 Å². The summed E-state index contributed by atoms with van der Waals surface area (Å²) >= 11 is 6.33. The van der Waals surface area contributed by atoms with Crippen LogP contribution in [-0.4, -0.2) is 6.54 Å². The van der Waals surface area contributed by atoms with Crippen molar-refractivity contribution in [3.05, 3.63) is 57.9 Å². The summed E-state index contributed by atoms with van der Waals surface area (Å²) in [6.07, 6.45) is 1.09. The minimum atomic E-state index is -0.194. The number of nitrogens with one attached hydrogen (secondary N) is 1. The number of hydrogen-bond acceptors (Lipinski definition) is 1. The Labute approximate surface area is 131 Å². The maximum absolute atomic E-state index is 14.2. The molecule has 0 saturated carbocycles. The summed E-state index contributed by atoms with van der Waals surface area (Å²) in [6.45, 7) is 7.65. The van der Waals surface area contributed by atoms with Gasteiger partial charge in [-0.1, -0.05) is 36.7 Å². The van der Waals surface area contributed by atoms with Crippen molar-refractivity contribution in [2.24, 2.45) is 0 Å². The maximum atomic E-state index is 14.2. The van der Waals surface area contributed by atoms with E-state index in [-0.39, 0.29) is 5.82 Å². The van der Waals surface area contributed by atoms with Crippen LogP contribution < -0.4 is 5.32 Å². The molecule has 2 aromatic carbocycles. The Kier molecular flexibility index (Phi) is 5.38. The van der Waals surface area contributed by atoms with Gasteiger partial charge in [0.1, 0.15) is 5.82 Å². The molecule has 0 aliphatic rings. The molecule has 21 heavy (non-hydrogen) atoms. The third kappa shape index (κ3) is 3.84. The molecule has 2 aromatic rings. The second-order valence-corrected chi connectivity index (χ2v) is 5.83. The van der Waals surface area contributed by atoms with Crippen LogP contribution in [0.5, 0.6) is 0 Å². The van der Waals surface area contributed by atoms with Gasteiger partial charge in [0.05, 0.1) is 0 Å². The van der Waals surface area contributed by atoms with Crippen molar-refractivity contribution in [3.63, 3.8) is 0 Å². The largest absolute Gasteiger partial charge is 0.313 e. The van der Waals surface area contributed by atoms with Crippen molar-refractivity contribution in [1.29, 1.82) is 0 Å². The fraction of sp³-hybridized carbons (Fsp3) is 0.333. The van der Waals surface area contributed by atoms with E-state index in [1.165, 1.54) is 0 Å². The molecular formula is C18H21ClFN.